The normalized spacial score (nSPS) is 13.6. The summed E-state index contributed by atoms with van der Waals surface area (Å²) in [6.45, 7) is 3.00. The number of aliphatic hydroxyl groups is 1. The number of hydrogen-bond donors (Lipinski definition) is 2. The van der Waals surface area contributed by atoms with Crippen molar-refractivity contribution in [2.45, 2.75) is 19.1 Å². The third-order valence-corrected chi connectivity index (χ3v) is 3.26. The van der Waals surface area contributed by atoms with Gasteiger partial charge < -0.3 is 19.9 Å². The molecule has 5 nitrogen and oxygen atoms in total. The van der Waals surface area contributed by atoms with Gasteiger partial charge in [0.05, 0.1) is 37.1 Å². The van der Waals surface area contributed by atoms with E-state index in [4.69, 9.17) is 14.7 Å². The van der Waals surface area contributed by atoms with E-state index in [2.05, 4.69) is 27.3 Å². The minimum Gasteiger partial charge on any atom is -0.389 e. The second kappa shape index (κ2) is 8.93. The molecule has 0 fully saturated rings. The number of nitrogens with one attached hydrogen (secondary N) is 1. The number of hydrogen-bond acceptors (Lipinski definition) is 5. The Hall–Kier alpha value is -1.13. The molecule has 0 radical (unpaired) electrons. The molecule has 20 heavy (non-hydrogen) atoms. The highest BCUT2D eigenvalue weighted by molar-refractivity contribution is 9.10. The third-order valence-electron chi connectivity index (χ3n) is 2.60. The SMILES string of the molecule is COCC(C)OCC(O)CNc1ccc(C#N)cc1Br. The van der Waals surface area contributed by atoms with Gasteiger partial charge in [0.15, 0.2) is 0 Å². The number of methoxy groups -OCH3 is 1. The van der Waals surface area contributed by atoms with Gasteiger partial charge in [-0.1, -0.05) is 0 Å². The van der Waals surface area contributed by atoms with Crippen LogP contribution in [0.25, 0.3) is 0 Å². The summed E-state index contributed by atoms with van der Waals surface area (Å²) in [7, 11) is 1.61. The van der Waals surface area contributed by atoms with E-state index >= 15 is 0 Å². The summed E-state index contributed by atoms with van der Waals surface area (Å²) < 4.78 is 11.2. The standard InChI is InChI=1S/C14H19BrN2O3/c1-10(8-19-2)20-9-12(18)7-17-14-4-3-11(6-16)5-13(14)15/h3-5,10,12,17-18H,7-9H2,1-2H3. The minimum atomic E-state index is -0.614. The summed E-state index contributed by atoms with van der Waals surface area (Å²) in [5, 5.41) is 21.7. The molecule has 2 unspecified atom stereocenters. The zero-order chi connectivity index (χ0) is 15.0. The number of benzene rings is 1. The molecule has 0 saturated heterocycles. The lowest BCUT2D eigenvalue weighted by atomic mass is 10.2. The number of anilines is 1. The summed E-state index contributed by atoms with van der Waals surface area (Å²) in [5.41, 5.74) is 1.41. The Morgan fingerprint density at radius 1 is 1.45 bits per heavy atom. The molecule has 0 aromatic heterocycles. The van der Waals surface area contributed by atoms with Gasteiger partial charge >= 0.3 is 0 Å². The smallest absolute Gasteiger partial charge is 0.0992 e. The van der Waals surface area contributed by atoms with Gasteiger partial charge in [-0.05, 0) is 41.1 Å². The van der Waals surface area contributed by atoms with Crippen molar-refractivity contribution in [3.8, 4) is 6.07 Å². The van der Waals surface area contributed by atoms with Crippen LogP contribution in [0.5, 0.6) is 0 Å². The van der Waals surface area contributed by atoms with Crippen LogP contribution >= 0.6 is 15.9 Å². The van der Waals surface area contributed by atoms with Gasteiger partial charge in [-0.3, -0.25) is 0 Å². The Kier molecular flexibility index (Phi) is 7.55. The summed E-state index contributed by atoms with van der Waals surface area (Å²) in [6, 6.07) is 7.31. The quantitative estimate of drug-likeness (QED) is 0.757. The Balaban J connectivity index is 2.37. The number of rotatable bonds is 8. The first-order chi connectivity index (χ1) is 9.56. The van der Waals surface area contributed by atoms with Gasteiger partial charge in [-0.2, -0.15) is 5.26 Å². The van der Waals surface area contributed by atoms with Crippen molar-refractivity contribution in [1.82, 2.24) is 0 Å². The number of aliphatic hydroxyl groups excluding tert-OH is 1. The summed E-state index contributed by atoms with van der Waals surface area (Å²) in [5.74, 6) is 0. The van der Waals surface area contributed by atoms with Gasteiger partial charge in [0.2, 0.25) is 0 Å². The lowest BCUT2D eigenvalue weighted by Gasteiger charge is -2.17. The lowest BCUT2D eigenvalue weighted by Crippen LogP contribution is -2.28. The van der Waals surface area contributed by atoms with Crippen LogP contribution in [0.15, 0.2) is 22.7 Å². The van der Waals surface area contributed by atoms with Crippen molar-refractivity contribution in [1.29, 1.82) is 5.26 Å². The molecule has 0 bridgehead atoms. The van der Waals surface area contributed by atoms with Crippen LogP contribution < -0.4 is 5.32 Å². The van der Waals surface area contributed by atoms with Crippen LogP contribution in [-0.2, 0) is 9.47 Å². The maximum absolute atomic E-state index is 9.82. The van der Waals surface area contributed by atoms with Crippen molar-refractivity contribution in [2.24, 2.45) is 0 Å². The Morgan fingerprint density at radius 2 is 2.20 bits per heavy atom. The Labute approximate surface area is 127 Å². The Bertz CT molecular complexity index is 462. The topological polar surface area (TPSA) is 74.5 Å². The highest BCUT2D eigenvalue weighted by Crippen LogP contribution is 2.23. The van der Waals surface area contributed by atoms with E-state index in [1.807, 2.05) is 6.92 Å². The van der Waals surface area contributed by atoms with Crippen LogP contribution in [0.2, 0.25) is 0 Å². The number of halogens is 1. The van der Waals surface area contributed by atoms with Crippen LogP contribution in [0, 0.1) is 11.3 Å². The molecule has 0 amide bonds. The van der Waals surface area contributed by atoms with E-state index in [0.29, 0.717) is 18.7 Å². The summed E-state index contributed by atoms with van der Waals surface area (Å²) >= 11 is 3.38. The molecular weight excluding hydrogens is 324 g/mol. The number of ether oxygens (including phenoxy) is 2. The van der Waals surface area contributed by atoms with Crippen LogP contribution in [0.4, 0.5) is 5.69 Å². The number of nitriles is 1. The van der Waals surface area contributed by atoms with Crippen molar-refractivity contribution in [2.75, 3.05) is 32.2 Å². The van der Waals surface area contributed by atoms with E-state index in [-0.39, 0.29) is 12.7 Å². The van der Waals surface area contributed by atoms with Crippen LogP contribution in [0.3, 0.4) is 0 Å². The maximum atomic E-state index is 9.82. The van der Waals surface area contributed by atoms with Crippen molar-refractivity contribution >= 4 is 21.6 Å². The van der Waals surface area contributed by atoms with Gasteiger partial charge in [-0.25, -0.2) is 0 Å². The second-order valence-electron chi connectivity index (χ2n) is 4.44. The average Bonchev–Trinajstić information content (AvgIpc) is 2.44. The lowest BCUT2D eigenvalue weighted by molar-refractivity contribution is -0.0282. The zero-order valence-electron chi connectivity index (χ0n) is 11.6. The number of nitrogens with zero attached hydrogens (tertiary/aromatic N) is 1. The van der Waals surface area contributed by atoms with E-state index in [0.717, 1.165) is 10.2 Å². The summed E-state index contributed by atoms with van der Waals surface area (Å²) in [4.78, 5) is 0. The minimum absolute atomic E-state index is 0.0451. The van der Waals surface area contributed by atoms with Gasteiger partial charge in [0.25, 0.3) is 0 Å². The first-order valence-electron chi connectivity index (χ1n) is 6.29. The highest BCUT2D eigenvalue weighted by Gasteiger charge is 2.09. The van der Waals surface area contributed by atoms with E-state index < -0.39 is 6.10 Å². The highest BCUT2D eigenvalue weighted by atomic mass is 79.9. The molecule has 2 N–H and O–H groups in total. The molecule has 0 heterocycles. The van der Waals surface area contributed by atoms with E-state index in [1.54, 1.807) is 25.3 Å². The predicted octanol–water partition coefficient (Wildman–Crippen LogP) is 2.15. The molecule has 0 aliphatic carbocycles. The maximum Gasteiger partial charge on any atom is 0.0992 e. The fraction of sp³-hybridized carbons (Fsp3) is 0.500. The van der Waals surface area contributed by atoms with Crippen molar-refractivity contribution < 1.29 is 14.6 Å². The monoisotopic (exact) mass is 342 g/mol. The van der Waals surface area contributed by atoms with Crippen molar-refractivity contribution in [3.63, 3.8) is 0 Å². The van der Waals surface area contributed by atoms with Gasteiger partial charge in [-0.15, -0.1) is 0 Å². The molecule has 0 saturated carbocycles. The molecule has 0 aliphatic heterocycles. The first-order valence-corrected chi connectivity index (χ1v) is 7.08. The molecule has 0 aliphatic rings. The van der Waals surface area contributed by atoms with E-state index in [9.17, 15) is 5.11 Å². The van der Waals surface area contributed by atoms with Gasteiger partial charge in [0, 0.05) is 23.8 Å². The first kappa shape index (κ1) is 16.9. The fourth-order valence-electron chi connectivity index (χ4n) is 1.57. The largest absolute Gasteiger partial charge is 0.389 e. The molecule has 1 rings (SSSR count). The second-order valence-corrected chi connectivity index (χ2v) is 5.29. The molecule has 0 spiro atoms. The summed E-state index contributed by atoms with van der Waals surface area (Å²) in [6.07, 6.45) is -0.659. The van der Waals surface area contributed by atoms with Gasteiger partial charge in [0.1, 0.15) is 0 Å². The van der Waals surface area contributed by atoms with E-state index in [1.165, 1.54) is 0 Å². The fourth-order valence-corrected chi connectivity index (χ4v) is 2.09. The Morgan fingerprint density at radius 3 is 2.80 bits per heavy atom. The third kappa shape index (κ3) is 5.88. The molecular formula is C14H19BrN2O3. The van der Waals surface area contributed by atoms with Crippen LogP contribution in [-0.4, -0.2) is 44.2 Å². The average molecular weight is 343 g/mol. The van der Waals surface area contributed by atoms with Crippen molar-refractivity contribution in [3.05, 3.63) is 28.2 Å². The zero-order valence-corrected chi connectivity index (χ0v) is 13.2. The predicted molar refractivity (Wildman–Crippen MR) is 80.6 cm³/mol. The molecule has 1 aromatic carbocycles. The molecule has 110 valence electrons. The molecule has 6 heteroatoms. The molecule has 1 aromatic rings. The van der Waals surface area contributed by atoms with Crippen LogP contribution in [0.1, 0.15) is 12.5 Å². The molecule has 2 atom stereocenters.